The molecule has 0 radical (unpaired) electrons. The number of aromatic amines is 1. The smallest absolute Gasteiger partial charge is 0.352 e. The third-order valence-corrected chi connectivity index (χ3v) is 2.62. The number of halogens is 1. The summed E-state index contributed by atoms with van der Waals surface area (Å²) in [7, 11) is 0. The van der Waals surface area contributed by atoms with E-state index in [0.717, 1.165) is 12.1 Å². The molecule has 1 aromatic heterocycles. The maximum absolute atomic E-state index is 12.8. The van der Waals surface area contributed by atoms with E-state index in [4.69, 9.17) is 5.11 Å². The Hall–Kier alpha value is -2.10. The summed E-state index contributed by atoms with van der Waals surface area (Å²) < 4.78 is 12.8. The highest BCUT2D eigenvalue weighted by atomic mass is 19.1. The van der Waals surface area contributed by atoms with Crippen molar-refractivity contribution >= 4 is 5.97 Å². The van der Waals surface area contributed by atoms with Crippen molar-refractivity contribution in [1.29, 1.82) is 0 Å². The molecule has 0 saturated heterocycles. The lowest BCUT2D eigenvalue weighted by molar-refractivity contribution is 0.0692. The van der Waals surface area contributed by atoms with Gasteiger partial charge in [-0.25, -0.2) is 9.18 Å². The molecule has 0 aliphatic heterocycles. The first kappa shape index (κ1) is 11.4. The second-order valence-electron chi connectivity index (χ2n) is 3.75. The van der Waals surface area contributed by atoms with E-state index >= 15 is 0 Å². The van der Waals surface area contributed by atoms with Crippen LogP contribution in [-0.2, 0) is 6.42 Å². The molecule has 1 heterocycles. The molecular formula is C13H12FNO2. The van der Waals surface area contributed by atoms with E-state index in [1.54, 1.807) is 18.2 Å². The molecule has 0 atom stereocenters. The first-order valence-corrected chi connectivity index (χ1v) is 5.33. The largest absolute Gasteiger partial charge is 0.477 e. The minimum absolute atomic E-state index is 0.147. The van der Waals surface area contributed by atoms with Crippen LogP contribution in [0.1, 0.15) is 23.1 Å². The van der Waals surface area contributed by atoms with Gasteiger partial charge in [0.15, 0.2) is 0 Å². The van der Waals surface area contributed by atoms with Gasteiger partial charge in [-0.1, -0.05) is 19.1 Å². The molecular weight excluding hydrogens is 221 g/mol. The highest BCUT2D eigenvalue weighted by molar-refractivity contribution is 5.94. The Bertz CT molecular complexity index is 543. The molecule has 2 aromatic rings. The van der Waals surface area contributed by atoms with Crippen molar-refractivity contribution in [3.63, 3.8) is 0 Å². The summed E-state index contributed by atoms with van der Waals surface area (Å²) in [6.07, 6.45) is 0.724. The zero-order valence-corrected chi connectivity index (χ0v) is 9.33. The van der Waals surface area contributed by atoms with Crippen molar-refractivity contribution < 1.29 is 14.3 Å². The topological polar surface area (TPSA) is 53.1 Å². The molecule has 1 aromatic carbocycles. The van der Waals surface area contributed by atoms with E-state index in [-0.39, 0.29) is 11.5 Å². The van der Waals surface area contributed by atoms with Gasteiger partial charge in [-0.2, -0.15) is 0 Å². The Morgan fingerprint density at radius 1 is 1.35 bits per heavy atom. The quantitative estimate of drug-likeness (QED) is 0.855. The highest BCUT2D eigenvalue weighted by Crippen LogP contribution is 2.25. The van der Waals surface area contributed by atoms with E-state index in [2.05, 4.69) is 4.98 Å². The van der Waals surface area contributed by atoms with E-state index < -0.39 is 5.97 Å². The van der Waals surface area contributed by atoms with Crippen LogP contribution in [0.3, 0.4) is 0 Å². The lowest BCUT2D eigenvalue weighted by Gasteiger charge is -1.99. The van der Waals surface area contributed by atoms with Crippen molar-refractivity contribution in [1.82, 2.24) is 4.98 Å². The number of hydrogen-bond donors (Lipinski definition) is 2. The zero-order valence-electron chi connectivity index (χ0n) is 9.33. The van der Waals surface area contributed by atoms with Crippen LogP contribution in [0, 0.1) is 5.82 Å². The third kappa shape index (κ3) is 2.20. The molecule has 2 N–H and O–H groups in total. The van der Waals surface area contributed by atoms with Crippen molar-refractivity contribution in [2.24, 2.45) is 0 Å². The molecule has 0 fully saturated rings. The van der Waals surface area contributed by atoms with Gasteiger partial charge < -0.3 is 10.1 Å². The van der Waals surface area contributed by atoms with Gasteiger partial charge in [-0.05, 0) is 30.2 Å². The average Bonchev–Trinajstić information content (AvgIpc) is 2.74. The van der Waals surface area contributed by atoms with Crippen LogP contribution < -0.4 is 0 Å². The molecule has 0 aliphatic carbocycles. The van der Waals surface area contributed by atoms with Gasteiger partial charge in [0.05, 0.1) is 0 Å². The molecule has 0 spiro atoms. The summed E-state index contributed by atoms with van der Waals surface area (Å²) in [5, 5.41) is 9.09. The molecule has 0 unspecified atom stereocenters. The average molecular weight is 233 g/mol. The van der Waals surface area contributed by atoms with Crippen LogP contribution in [-0.4, -0.2) is 16.1 Å². The number of aromatic nitrogens is 1. The number of aromatic carboxylic acids is 1. The second kappa shape index (κ2) is 4.41. The Labute approximate surface area is 97.9 Å². The number of aryl methyl sites for hydroxylation is 1. The number of benzene rings is 1. The molecule has 88 valence electrons. The number of nitrogens with one attached hydrogen (secondary N) is 1. The predicted molar refractivity (Wildman–Crippen MR) is 62.5 cm³/mol. The fourth-order valence-corrected chi connectivity index (χ4v) is 1.73. The molecule has 0 bridgehead atoms. The first-order chi connectivity index (χ1) is 8.11. The van der Waals surface area contributed by atoms with Crippen LogP contribution >= 0.6 is 0 Å². The van der Waals surface area contributed by atoms with Crippen molar-refractivity contribution in [2.45, 2.75) is 13.3 Å². The van der Waals surface area contributed by atoms with E-state index in [0.29, 0.717) is 11.1 Å². The van der Waals surface area contributed by atoms with Gasteiger partial charge >= 0.3 is 5.97 Å². The number of H-pyrrole nitrogens is 1. The molecule has 0 aliphatic rings. The highest BCUT2D eigenvalue weighted by Gasteiger charge is 2.15. The van der Waals surface area contributed by atoms with Crippen molar-refractivity contribution in [3.05, 3.63) is 47.5 Å². The second-order valence-corrected chi connectivity index (χ2v) is 3.75. The predicted octanol–water partition coefficient (Wildman–Crippen LogP) is 3.08. The summed E-state index contributed by atoms with van der Waals surface area (Å²) in [5.41, 5.74) is 2.28. The number of hydrogen-bond acceptors (Lipinski definition) is 1. The van der Waals surface area contributed by atoms with Gasteiger partial charge in [0.25, 0.3) is 0 Å². The standard InChI is InChI=1S/C13H12FNO2/c1-2-10-7-11(12(15-10)13(16)17)8-3-5-9(14)6-4-8/h3-7,15H,2H2,1H3,(H,16,17). The maximum atomic E-state index is 12.8. The Morgan fingerprint density at radius 3 is 2.53 bits per heavy atom. The van der Waals surface area contributed by atoms with Gasteiger partial charge in [0.2, 0.25) is 0 Å². The molecule has 0 saturated carbocycles. The lowest BCUT2D eigenvalue weighted by Crippen LogP contribution is -1.99. The molecule has 17 heavy (non-hydrogen) atoms. The van der Waals surface area contributed by atoms with Crippen LogP contribution in [0.4, 0.5) is 4.39 Å². The Kier molecular flexibility index (Phi) is 2.95. The van der Waals surface area contributed by atoms with Crippen molar-refractivity contribution in [3.8, 4) is 11.1 Å². The third-order valence-electron chi connectivity index (χ3n) is 2.62. The summed E-state index contributed by atoms with van der Waals surface area (Å²) in [6.45, 7) is 1.94. The molecule has 3 nitrogen and oxygen atoms in total. The van der Waals surface area contributed by atoms with Gasteiger partial charge in [0, 0.05) is 11.3 Å². The molecule has 0 amide bonds. The first-order valence-electron chi connectivity index (χ1n) is 5.33. The fourth-order valence-electron chi connectivity index (χ4n) is 1.73. The zero-order chi connectivity index (χ0) is 12.4. The maximum Gasteiger partial charge on any atom is 0.352 e. The van der Waals surface area contributed by atoms with Gasteiger partial charge in [0.1, 0.15) is 11.5 Å². The Balaban J connectivity index is 2.53. The van der Waals surface area contributed by atoms with Gasteiger partial charge in [-0.15, -0.1) is 0 Å². The number of carboxylic acid groups (broad SMARTS) is 1. The van der Waals surface area contributed by atoms with Crippen molar-refractivity contribution in [2.75, 3.05) is 0 Å². The number of carboxylic acids is 1. The molecule has 4 heteroatoms. The number of carbonyl (C=O) groups is 1. The monoisotopic (exact) mass is 233 g/mol. The summed E-state index contributed by atoms with van der Waals surface area (Å²) in [4.78, 5) is 13.9. The van der Waals surface area contributed by atoms with E-state index in [1.807, 2.05) is 6.92 Å². The van der Waals surface area contributed by atoms with Crippen LogP contribution in [0.2, 0.25) is 0 Å². The SMILES string of the molecule is CCc1cc(-c2ccc(F)cc2)c(C(=O)O)[nH]1. The van der Waals surface area contributed by atoms with Crippen LogP contribution in [0.25, 0.3) is 11.1 Å². The Morgan fingerprint density at radius 2 is 2.00 bits per heavy atom. The van der Waals surface area contributed by atoms with E-state index in [1.165, 1.54) is 12.1 Å². The van der Waals surface area contributed by atoms with E-state index in [9.17, 15) is 9.18 Å². The van der Waals surface area contributed by atoms with Crippen LogP contribution in [0.15, 0.2) is 30.3 Å². The van der Waals surface area contributed by atoms with Crippen LogP contribution in [0.5, 0.6) is 0 Å². The lowest BCUT2D eigenvalue weighted by atomic mass is 10.1. The normalized spacial score (nSPS) is 10.5. The number of rotatable bonds is 3. The summed E-state index contributed by atoms with van der Waals surface area (Å²) in [6, 6.07) is 7.57. The minimum atomic E-state index is -1.01. The summed E-state index contributed by atoms with van der Waals surface area (Å²) >= 11 is 0. The molecule has 2 rings (SSSR count). The summed E-state index contributed by atoms with van der Waals surface area (Å²) in [5.74, 6) is -1.35. The minimum Gasteiger partial charge on any atom is -0.477 e. The van der Waals surface area contributed by atoms with Gasteiger partial charge in [-0.3, -0.25) is 0 Å². The fraction of sp³-hybridized carbons (Fsp3) is 0.154.